The summed E-state index contributed by atoms with van der Waals surface area (Å²) in [6.45, 7) is 0.159. The standard InChI is InChI=1S/C18H15F3N4O4S2/c19-18(20,21)29-12-8-6-11(7-9-12)22-17(26)14-4-2-10-25(14)31(27,28)15-5-1-3-13-16(15)24-30-23-13/h1,3,5-9,14H,2,4,10H2,(H,22,26)/t14-/m1/s1. The largest absolute Gasteiger partial charge is 0.573 e. The fraction of sp³-hybridized carbons (Fsp3) is 0.278. The molecule has 4 rings (SSSR count). The Morgan fingerprint density at radius 1 is 1.16 bits per heavy atom. The number of nitrogens with one attached hydrogen (secondary N) is 1. The molecule has 1 aliphatic rings. The van der Waals surface area contributed by atoms with Crippen molar-refractivity contribution in [2.75, 3.05) is 11.9 Å². The number of aromatic nitrogens is 2. The minimum Gasteiger partial charge on any atom is -0.406 e. The summed E-state index contributed by atoms with van der Waals surface area (Å²) in [6.07, 6.45) is -4.02. The number of sulfonamides is 1. The molecule has 0 saturated carbocycles. The maximum atomic E-state index is 13.3. The summed E-state index contributed by atoms with van der Waals surface area (Å²) in [4.78, 5) is 12.8. The number of anilines is 1. The smallest absolute Gasteiger partial charge is 0.406 e. The second kappa shape index (κ2) is 8.05. The highest BCUT2D eigenvalue weighted by atomic mass is 32.2. The van der Waals surface area contributed by atoms with Crippen LogP contribution in [-0.4, -0.2) is 46.3 Å². The molecule has 2 aromatic carbocycles. The van der Waals surface area contributed by atoms with Crippen LogP contribution in [0.4, 0.5) is 18.9 Å². The average molecular weight is 472 g/mol. The molecule has 1 atom stereocenters. The number of benzene rings is 2. The minimum absolute atomic E-state index is 0.0212. The van der Waals surface area contributed by atoms with Crippen LogP contribution >= 0.6 is 11.7 Å². The van der Waals surface area contributed by atoms with Crippen LogP contribution in [0.3, 0.4) is 0 Å². The number of ether oxygens (including phenoxy) is 1. The first-order valence-electron chi connectivity index (χ1n) is 9.05. The van der Waals surface area contributed by atoms with Crippen LogP contribution in [-0.2, 0) is 14.8 Å². The summed E-state index contributed by atoms with van der Waals surface area (Å²) in [7, 11) is -4.02. The fourth-order valence-corrected chi connectivity index (χ4v) is 5.78. The lowest BCUT2D eigenvalue weighted by Gasteiger charge is -2.23. The van der Waals surface area contributed by atoms with E-state index in [9.17, 15) is 26.4 Å². The molecule has 8 nitrogen and oxygen atoms in total. The third-order valence-electron chi connectivity index (χ3n) is 4.70. The van der Waals surface area contributed by atoms with Crippen molar-refractivity contribution in [1.29, 1.82) is 0 Å². The highest BCUT2D eigenvalue weighted by Crippen LogP contribution is 2.31. The van der Waals surface area contributed by atoms with Crippen molar-refractivity contribution in [3.05, 3.63) is 42.5 Å². The summed E-state index contributed by atoms with van der Waals surface area (Å²) in [5, 5.41) is 2.55. The van der Waals surface area contributed by atoms with Crippen molar-refractivity contribution in [3.63, 3.8) is 0 Å². The van der Waals surface area contributed by atoms with Gasteiger partial charge >= 0.3 is 6.36 Å². The molecular formula is C18H15F3N4O4S2. The Morgan fingerprint density at radius 2 is 1.90 bits per heavy atom. The molecule has 13 heteroatoms. The normalized spacial score (nSPS) is 17.7. The van der Waals surface area contributed by atoms with Crippen molar-refractivity contribution in [2.45, 2.75) is 30.1 Å². The first-order valence-corrected chi connectivity index (χ1v) is 11.2. The molecule has 2 heterocycles. The number of halogens is 3. The van der Waals surface area contributed by atoms with Gasteiger partial charge in [-0.3, -0.25) is 4.79 Å². The molecule has 1 fully saturated rings. The van der Waals surface area contributed by atoms with Gasteiger partial charge in [0.1, 0.15) is 27.7 Å². The third-order valence-corrected chi connectivity index (χ3v) is 7.18. The molecule has 164 valence electrons. The Kier molecular flexibility index (Phi) is 5.58. The van der Waals surface area contributed by atoms with Crippen LogP contribution < -0.4 is 10.1 Å². The minimum atomic E-state index is -4.82. The molecular weight excluding hydrogens is 457 g/mol. The van der Waals surface area contributed by atoms with Crippen LogP contribution in [0.5, 0.6) is 5.75 Å². The van der Waals surface area contributed by atoms with Gasteiger partial charge in [-0.1, -0.05) is 6.07 Å². The first kappa shape index (κ1) is 21.5. The van der Waals surface area contributed by atoms with E-state index >= 15 is 0 Å². The molecule has 1 aliphatic heterocycles. The number of alkyl halides is 3. The molecule has 0 bridgehead atoms. The van der Waals surface area contributed by atoms with Gasteiger partial charge in [0, 0.05) is 12.2 Å². The zero-order chi connectivity index (χ0) is 22.2. The fourth-order valence-electron chi connectivity index (χ4n) is 3.37. The molecule has 1 aromatic heterocycles. The van der Waals surface area contributed by atoms with E-state index in [4.69, 9.17) is 0 Å². The number of carbonyl (C=O) groups excluding carboxylic acids is 1. The van der Waals surface area contributed by atoms with E-state index in [-0.39, 0.29) is 22.6 Å². The zero-order valence-corrected chi connectivity index (χ0v) is 17.3. The van der Waals surface area contributed by atoms with E-state index in [0.29, 0.717) is 18.4 Å². The Hall–Kier alpha value is -2.77. The highest BCUT2D eigenvalue weighted by Gasteiger charge is 2.40. The van der Waals surface area contributed by atoms with E-state index in [1.807, 2.05) is 0 Å². The Balaban J connectivity index is 1.53. The summed E-state index contributed by atoms with van der Waals surface area (Å²) in [5.41, 5.74) is 0.917. The van der Waals surface area contributed by atoms with E-state index in [1.165, 1.54) is 18.2 Å². The number of amides is 1. The Labute approximate surface area is 179 Å². The van der Waals surface area contributed by atoms with Gasteiger partial charge in [0.25, 0.3) is 0 Å². The van der Waals surface area contributed by atoms with Gasteiger partial charge in [0.05, 0.1) is 11.7 Å². The van der Waals surface area contributed by atoms with Gasteiger partial charge in [-0.05, 0) is 49.2 Å². The van der Waals surface area contributed by atoms with Crippen LogP contribution in [0.1, 0.15) is 12.8 Å². The molecule has 3 aromatic rings. The second-order valence-electron chi connectivity index (χ2n) is 6.72. The van der Waals surface area contributed by atoms with Gasteiger partial charge in [0.15, 0.2) is 0 Å². The molecule has 31 heavy (non-hydrogen) atoms. The molecule has 1 saturated heterocycles. The van der Waals surface area contributed by atoms with Crippen molar-refractivity contribution in [3.8, 4) is 5.75 Å². The number of carbonyl (C=O) groups is 1. The quantitative estimate of drug-likeness (QED) is 0.611. The van der Waals surface area contributed by atoms with E-state index in [2.05, 4.69) is 18.8 Å². The molecule has 0 spiro atoms. The van der Waals surface area contributed by atoms with Crippen LogP contribution in [0.25, 0.3) is 11.0 Å². The van der Waals surface area contributed by atoms with Gasteiger partial charge in [-0.15, -0.1) is 13.2 Å². The lowest BCUT2D eigenvalue weighted by atomic mass is 10.2. The SMILES string of the molecule is O=C(Nc1ccc(OC(F)(F)F)cc1)[C@H]1CCCN1S(=O)(=O)c1cccc2nsnc12. The Bertz CT molecular complexity index is 1210. The van der Waals surface area contributed by atoms with Crippen LogP contribution in [0.2, 0.25) is 0 Å². The molecule has 0 radical (unpaired) electrons. The molecule has 1 N–H and O–H groups in total. The molecule has 0 unspecified atom stereocenters. The maximum absolute atomic E-state index is 13.3. The molecule has 1 amide bonds. The zero-order valence-electron chi connectivity index (χ0n) is 15.7. The topological polar surface area (TPSA) is 101 Å². The summed E-state index contributed by atoms with van der Waals surface area (Å²) in [6, 6.07) is 8.28. The van der Waals surface area contributed by atoms with Crippen molar-refractivity contribution in [1.82, 2.24) is 13.1 Å². The number of hydrogen-bond donors (Lipinski definition) is 1. The highest BCUT2D eigenvalue weighted by molar-refractivity contribution is 7.89. The lowest BCUT2D eigenvalue weighted by molar-refractivity contribution is -0.274. The number of nitrogens with zero attached hydrogens (tertiary/aromatic N) is 3. The summed E-state index contributed by atoms with van der Waals surface area (Å²) < 4.78 is 76.3. The number of hydrogen-bond acceptors (Lipinski definition) is 7. The van der Waals surface area contributed by atoms with Crippen LogP contribution in [0.15, 0.2) is 47.4 Å². The average Bonchev–Trinajstić information content (AvgIpc) is 3.37. The van der Waals surface area contributed by atoms with Gasteiger partial charge < -0.3 is 10.1 Å². The van der Waals surface area contributed by atoms with Crippen molar-refractivity contribution in [2.24, 2.45) is 0 Å². The van der Waals surface area contributed by atoms with Crippen molar-refractivity contribution < 1.29 is 31.1 Å². The van der Waals surface area contributed by atoms with Crippen molar-refractivity contribution >= 4 is 44.4 Å². The number of rotatable bonds is 5. The van der Waals surface area contributed by atoms with E-state index in [0.717, 1.165) is 28.2 Å². The van der Waals surface area contributed by atoms with E-state index < -0.39 is 34.1 Å². The van der Waals surface area contributed by atoms with Gasteiger partial charge in [-0.25, -0.2) is 8.42 Å². The van der Waals surface area contributed by atoms with Gasteiger partial charge in [-0.2, -0.15) is 13.1 Å². The number of fused-ring (bicyclic) bond motifs is 1. The molecule has 0 aliphatic carbocycles. The van der Waals surface area contributed by atoms with E-state index in [1.54, 1.807) is 12.1 Å². The summed E-state index contributed by atoms with van der Waals surface area (Å²) in [5.74, 6) is -1.00. The maximum Gasteiger partial charge on any atom is 0.573 e. The monoisotopic (exact) mass is 472 g/mol. The van der Waals surface area contributed by atoms with Crippen LogP contribution in [0, 0.1) is 0 Å². The Morgan fingerprint density at radius 3 is 2.61 bits per heavy atom. The first-order chi connectivity index (χ1) is 14.6. The summed E-state index contributed by atoms with van der Waals surface area (Å²) >= 11 is 0.896. The lowest BCUT2D eigenvalue weighted by Crippen LogP contribution is -2.43. The predicted molar refractivity (Wildman–Crippen MR) is 106 cm³/mol. The predicted octanol–water partition coefficient (Wildman–Crippen LogP) is 3.38. The van der Waals surface area contributed by atoms with Gasteiger partial charge in [0.2, 0.25) is 15.9 Å². The second-order valence-corrected chi connectivity index (χ2v) is 9.11. The third kappa shape index (κ3) is 4.48.